The standard InChI is InChI=1S/C11H11NO.C9H6BrN/c13-8-6-9-3-1-5-11-10(9)4-2-7-12-11;10-8-4-1-5-9-7(8)3-2-6-11-9/h1-5,7,13H,6,8H2;1-6H. The number of hydrogen-bond donors (Lipinski definition) is 1. The Hall–Kier alpha value is -2.30. The Morgan fingerprint density at radius 1 is 0.750 bits per heavy atom. The maximum Gasteiger partial charge on any atom is 0.0713 e. The number of aromatic nitrogens is 2. The van der Waals surface area contributed by atoms with Crippen molar-refractivity contribution in [2.24, 2.45) is 0 Å². The molecule has 0 spiro atoms. The van der Waals surface area contributed by atoms with Gasteiger partial charge in [-0.25, -0.2) is 0 Å². The fourth-order valence-corrected chi connectivity index (χ4v) is 3.06. The highest BCUT2D eigenvalue weighted by Crippen LogP contribution is 2.21. The van der Waals surface area contributed by atoms with Gasteiger partial charge >= 0.3 is 0 Å². The molecule has 1 N–H and O–H groups in total. The number of fused-ring (bicyclic) bond motifs is 2. The molecule has 0 atom stereocenters. The summed E-state index contributed by atoms with van der Waals surface area (Å²) in [6.07, 6.45) is 4.28. The van der Waals surface area contributed by atoms with Crippen LogP contribution in [0.1, 0.15) is 5.56 Å². The van der Waals surface area contributed by atoms with Crippen molar-refractivity contribution >= 4 is 37.7 Å². The van der Waals surface area contributed by atoms with E-state index < -0.39 is 0 Å². The topological polar surface area (TPSA) is 46.0 Å². The highest BCUT2D eigenvalue weighted by atomic mass is 79.9. The third kappa shape index (κ3) is 3.78. The van der Waals surface area contributed by atoms with Crippen LogP contribution >= 0.6 is 15.9 Å². The summed E-state index contributed by atoms with van der Waals surface area (Å²) < 4.78 is 1.10. The van der Waals surface area contributed by atoms with Gasteiger partial charge in [0.05, 0.1) is 11.0 Å². The number of aliphatic hydroxyl groups excluding tert-OH is 1. The predicted octanol–water partition coefficient (Wildman–Crippen LogP) is 4.77. The Bertz CT molecular complexity index is 945. The van der Waals surface area contributed by atoms with Crippen LogP contribution in [-0.4, -0.2) is 21.7 Å². The molecule has 4 aromatic rings. The highest BCUT2D eigenvalue weighted by Gasteiger charge is 1.99. The second kappa shape index (κ2) is 7.99. The van der Waals surface area contributed by atoms with E-state index in [1.54, 1.807) is 12.4 Å². The minimum atomic E-state index is 0.188. The van der Waals surface area contributed by atoms with Crippen LogP contribution in [0.2, 0.25) is 0 Å². The Balaban J connectivity index is 0.000000143. The van der Waals surface area contributed by atoms with Crippen LogP contribution in [0.3, 0.4) is 0 Å². The zero-order valence-electron chi connectivity index (χ0n) is 13.1. The second-order valence-corrected chi connectivity index (χ2v) is 6.13. The van der Waals surface area contributed by atoms with Gasteiger partial charge in [0.1, 0.15) is 0 Å². The summed E-state index contributed by atoms with van der Waals surface area (Å²) in [4.78, 5) is 8.45. The van der Waals surface area contributed by atoms with E-state index in [4.69, 9.17) is 5.11 Å². The summed E-state index contributed by atoms with van der Waals surface area (Å²) in [6.45, 7) is 0.188. The number of benzene rings is 2. The molecule has 0 aliphatic carbocycles. The monoisotopic (exact) mass is 380 g/mol. The van der Waals surface area contributed by atoms with Gasteiger partial charge in [-0.2, -0.15) is 0 Å². The molecule has 0 radical (unpaired) electrons. The van der Waals surface area contributed by atoms with Crippen LogP contribution in [0.5, 0.6) is 0 Å². The molecule has 0 amide bonds. The van der Waals surface area contributed by atoms with Crippen LogP contribution in [0.4, 0.5) is 0 Å². The molecule has 0 unspecified atom stereocenters. The van der Waals surface area contributed by atoms with E-state index in [1.807, 2.05) is 60.7 Å². The first-order valence-corrected chi connectivity index (χ1v) is 8.51. The van der Waals surface area contributed by atoms with Gasteiger partial charge < -0.3 is 5.11 Å². The highest BCUT2D eigenvalue weighted by molar-refractivity contribution is 9.10. The summed E-state index contributed by atoms with van der Waals surface area (Å²) in [5.74, 6) is 0. The van der Waals surface area contributed by atoms with Gasteiger partial charge in [-0.05, 0) is 42.3 Å². The predicted molar refractivity (Wildman–Crippen MR) is 102 cm³/mol. The van der Waals surface area contributed by atoms with Gasteiger partial charge in [0, 0.05) is 34.2 Å². The molecule has 0 aliphatic heterocycles. The van der Waals surface area contributed by atoms with Gasteiger partial charge in [-0.15, -0.1) is 0 Å². The number of nitrogens with zero attached hydrogens (tertiary/aromatic N) is 2. The molecule has 0 fully saturated rings. The molecule has 0 saturated carbocycles. The number of aliphatic hydroxyl groups is 1. The average Bonchev–Trinajstić information content (AvgIpc) is 2.63. The molecule has 120 valence electrons. The van der Waals surface area contributed by atoms with Crippen molar-refractivity contribution in [1.82, 2.24) is 9.97 Å². The summed E-state index contributed by atoms with van der Waals surface area (Å²) in [7, 11) is 0. The zero-order chi connectivity index (χ0) is 16.8. The first-order chi connectivity index (χ1) is 11.8. The third-order valence-electron chi connectivity index (χ3n) is 3.71. The molecule has 3 nitrogen and oxygen atoms in total. The van der Waals surface area contributed by atoms with Crippen LogP contribution in [-0.2, 0) is 6.42 Å². The fourth-order valence-electron chi connectivity index (χ4n) is 2.57. The molecule has 2 heterocycles. The van der Waals surface area contributed by atoms with E-state index in [1.165, 1.54) is 0 Å². The third-order valence-corrected chi connectivity index (χ3v) is 4.40. The van der Waals surface area contributed by atoms with E-state index in [2.05, 4.69) is 25.9 Å². The van der Waals surface area contributed by atoms with Crippen molar-refractivity contribution in [3.05, 3.63) is 83.1 Å². The van der Waals surface area contributed by atoms with Gasteiger partial charge in [0.25, 0.3) is 0 Å². The number of rotatable bonds is 2. The lowest BCUT2D eigenvalue weighted by molar-refractivity contribution is 0.300. The largest absolute Gasteiger partial charge is 0.396 e. The maximum atomic E-state index is 8.86. The molecule has 0 aliphatic rings. The molecule has 2 aromatic carbocycles. The summed E-state index contributed by atoms with van der Waals surface area (Å²) in [5, 5.41) is 11.2. The van der Waals surface area contributed by atoms with Crippen molar-refractivity contribution < 1.29 is 5.11 Å². The summed E-state index contributed by atoms with van der Waals surface area (Å²) in [5.41, 5.74) is 3.18. The van der Waals surface area contributed by atoms with Crippen molar-refractivity contribution in [3.63, 3.8) is 0 Å². The lowest BCUT2D eigenvalue weighted by atomic mass is 10.1. The zero-order valence-corrected chi connectivity index (χ0v) is 14.6. The van der Waals surface area contributed by atoms with Gasteiger partial charge in [0.2, 0.25) is 0 Å². The number of pyridine rings is 2. The smallest absolute Gasteiger partial charge is 0.0713 e. The molecule has 4 heteroatoms. The quantitative estimate of drug-likeness (QED) is 0.544. The van der Waals surface area contributed by atoms with Gasteiger partial charge in [-0.3, -0.25) is 9.97 Å². The Kier molecular flexibility index (Phi) is 5.51. The van der Waals surface area contributed by atoms with Crippen LogP contribution in [0, 0.1) is 0 Å². The summed E-state index contributed by atoms with van der Waals surface area (Å²) in [6, 6.07) is 19.9. The number of hydrogen-bond acceptors (Lipinski definition) is 3. The molecular weight excluding hydrogens is 364 g/mol. The van der Waals surface area contributed by atoms with Crippen molar-refractivity contribution in [3.8, 4) is 0 Å². The normalized spacial score (nSPS) is 10.4. The van der Waals surface area contributed by atoms with Gasteiger partial charge in [0.15, 0.2) is 0 Å². The van der Waals surface area contributed by atoms with E-state index in [0.29, 0.717) is 6.42 Å². The Labute approximate surface area is 149 Å². The SMILES string of the molecule is Brc1cccc2ncccc12.OCCc1cccc2ncccc12. The summed E-state index contributed by atoms with van der Waals surface area (Å²) >= 11 is 3.46. The van der Waals surface area contributed by atoms with E-state index >= 15 is 0 Å². The molecule has 0 bridgehead atoms. The maximum absolute atomic E-state index is 8.86. The van der Waals surface area contributed by atoms with Crippen LogP contribution < -0.4 is 0 Å². The van der Waals surface area contributed by atoms with Crippen LogP contribution in [0.15, 0.2) is 77.5 Å². The van der Waals surface area contributed by atoms with E-state index in [-0.39, 0.29) is 6.61 Å². The Morgan fingerprint density at radius 2 is 1.38 bits per heavy atom. The van der Waals surface area contributed by atoms with E-state index in [9.17, 15) is 0 Å². The van der Waals surface area contributed by atoms with E-state index in [0.717, 1.165) is 31.8 Å². The molecule has 0 saturated heterocycles. The van der Waals surface area contributed by atoms with Crippen LogP contribution in [0.25, 0.3) is 21.8 Å². The lowest BCUT2D eigenvalue weighted by Gasteiger charge is -2.02. The molecule has 2 aromatic heterocycles. The molecular formula is C20H17BrN2O. The molecule has 24 heavy (non-hydrogen) atoms. The molecule has 4 rings (SSSR count). The fraction of sp³-hybridized carbons (Fsp3) is 0.100. The first kappa shape index (κ1) is 16.6. The number of halogens is 1. The minimum Gasteiger partial charge on any atom is -0.396 e. The van der Waals surface area contributed by atoms with Crippen molar-refractivity contribution in [2.45, 2.75) is 6.42 Å². The van der Waals surface area contributed by atoms with Crippen molar-refractivity contribution in [1.29, 1.82) is 0 Å². The minimum absolute atomic E-state index is 0.188. The lowest BCUT2D eigenvalue weighted by Crippen LogP contribution is -1.92. The van der Waals surface area contributed by atoms with Gasteiger partial charge in [-0.1, -0.05) is 46.3 Å². The average molecular weight is 381 g/mol. The Morgan fingerprint density at radius 3 is 2.04 bits per heavy atom. The second-order valence-electron chi connectivity index (χ2n) is 5.27. The first-order valence-electron chi connectivity index (χ1n) is 7.72. The van der Waals surface area contributed by atoms with Crippen molar-refractivity contribution in [2.75, 3.05) is 6.61 Å².